The number of carbonyl (C=O) groups is 1. The quantitative estimate of drug-likeness (QED) is 0.923. The number of hydrogen-bond donors (Lipinski definition) is 1. The van der Waals surface area contributed by atoms with Crippen LogP contribution < -0.4 is 5.32 Å². The fraction of sp³-hybridized carbons (Fsp3) is 0.533. The summed E-state index contributed by atoms with van der Waals surface area (Å²) in [6, 6.07) is 5.84. The zero-order valence-corrected chi connectivity index (χ0v) is 12.3. The van der Waals surface area contributed by atoms with Crippen molar-refractivity contribution in [1.82, 2.24) is 10.2 Å². The van der Waals surface area contributed by atoms with Crippen LogP contribution in [0.2, 0.25) is 5.02 Å². The molecule has 2 rings (SSSR count). The summed E-state index contributed by atoms with van der Waals surface area (Å²) >= 11 is 6.04. The Morgan fingerprint density at radius 2 is 2.26 bits per heavy atom. The Bertz CT molecular complexity index is 435. The van der Waals surface area contributed by atoms with E-state index in [0.717, 1.165) is 38.0 Å². The molecule has 104 valence electrons. The summed E-state index contributed by atoms with van der Waals surface area (Å²) < 4.78 is 0. The van der Waals surface area contributed by atoms with Gasteiger partial charge in [-0.25, -0.2) is 0 Å². The summed E-state index contributed by atoms with van der Waals surface area (Å²) in [5.74, 6) is 0.0850. The molecule has 0 spiro atoms. The van der Waals surface area contributed by atoms with Crippen LogP contribution in [-0.2, 0) is 0 Å². The summed E-state index contributed by atoms with van der Waals surface area (Å²) in [4.78, 5) is 14.6. The van der Waals surface area contributed by atoms with E-state index in [1.807, 2.05) is 30.9 Å². The predicted molar refractivity (Wildman–Crippen MR) is 78.8 cm³/mol. The van der Waals surface area contributed by atoms with Crippen LogP contribution in [0.25, 0.3) is 0 Å². The number of halogens is 1. The van der Waals surface area contributed by atoms with E-state index in [4.69, 9.17) is 11.6 Å². The molecule has 1 aliphatic heterocycles. The van der Waals surface area contributed by atoms with Crippen molar-refractivity contribution in [3.63, 3.8) is 0 Å². The largest absolute Gasteiger partial charge is 0.335 e. The maximum absolute atomic E-state index is 12.6. The maximum Gasteiger partial charge on any atom is 0.254 e. The first kappa shape index (κ1) is 14.4. The number of nitrogens with zero attached hydrogens (tertiary/aromatic N) is 1. The molecule has 0 saturated carbocycles. The Morgan fingerprint density at radius 3 is 2.84 bits per heavy atom. The first-order chi connectivity index (χ1) is 9.11. The van der Waals surface area contributed by atoms with Crippen molar-refractivity contribution in [3.8, 4) is 0 Å². The highest BCUT2D eigenvalue weighted by Crippen LogP contribution is 2.19. The van der Waals surface area contributed by atoms with Gasteiger partial charge in [0.05, 0.1) is 0 Å². The van der Waals surface area contributed by atoms with Gasteiger partial charge in [-0.1, -0.05) is 11.6 Å². The summed E-state index contributed by atoms with van der Waals surface area (Å²) in [5.41, 5.74) is 1.71. The Labute approximate surface area is 119 Å². The van der Waals surface area contributed by atoms with E-state index in [9.17, 15) is 4.79 Å². The van der Waals surface area contributed by atoms with Crippen molar-refractivity contribution < 1.29 is 4.79 Å². The average Bonchev–Trinajstić information content (AvgIpc) is 2.39. The van der Waals surface area contributed by atoms with Gasteiger partial charge in [0, 0.05) is 29.7 Å². The molecule has 1 N–H and O–H groups in total. The lowest BCUT2D eigenvalue weighted by atomic mass is 10.0. The van der Waals surface area contributed by atoms with Gasteiger partial charge in [-0.2, -0.15) is 0 Å². The van der Waals surface area contributed by atoms with Crippen molar-refractivity contribution in [1.29, 1.82) is 0 Å². The summed E-state index contributed by atoms with van der Waals surface area (Å²) in [5, 5.41) is 3.98. The first-order valence-corrected chi connectivity index (χ1v) is 7.28. The molecule has 3 nitrogen and oxygen atoms in total. The molecule has 0 bridgehead atoms. The van der Waals surface area contributed by atoms with E-state index < -0.39 is 0 Å². The molecule has 1 fully saturated rings. The molecule has 1 aliphatic rings. The number of nitrogens with one attached hydrogen (secondary N) is 1. The SMILES string of the molecule is CCN(C(=O)c1cc(C)cc(Cl)c1)C1CCCNC1. The van der Waals surface area contributed by atoms with Gasteiger partial charge in [-0.3, -0.25) is 4.79 Å². The van der Waals surface area contributed by atoms with Crippen molar-refractivity contribution in [2.24, 2.45) is 0 Å². The van der Waals surface area contributed by atoms with E-state index in [0.29, 0.717) is 16.6 Å². The van der Waals surface area contributed by atoms with Gasteiger partial charge >= 0.3 is 0 Å². The van der Waals surface area contributed by atoms with Crippen LogP contribution in [0, 0.1) is 6.92 Å². The summed E-state index contributed by atoms with van der Waals surface area (Å²) in [7, 11) is 0. The van der Waals surface area contributed by atoms with Crippen LogP contribution in [0.3, 0.4) is 0 Å². The van der Waals surface area contributed by atoms with Crippen LogP contribution >= 0.6 is 11.6 Å². The molecule has 1 saturated heterocycles. The van der Waals surface area contributed by atoms with Crippen molar-refractivity contribution in [3.05, 3.63) is 34.3 Å². The highest BCUT2D eigenvalue weighted by molar-refractivity contribution is 6.31. The smallest absolute Gasteiger partial charge is 0.254 e. The number of likely N-dealkylation sites (N-methyl/N-ethyl adjacent to an activating group) is 1. The van der Waals surface area contributed by atoms with Crippen LogP contribution in [-0.4, -0.2) is 36.5 Å². The van der Waals surface area contributed by atoms with Gasteiger partial charge in [-0.15, -0.1) is 0 Å². The fourth-order valence-electron chi connectivity index (χ4n) is 2.69. The van der Waals surface area contributed by atoms with Crippen molar-refractivity contribution in [2.75, 3.05) is 19.6 Å². The van der Waals surface area contributed by atoms with E-state index in [2.05, 4.69) is 5.32 Å². The van der Waals surface area contributed by atoms with E-state index >= 15 is 0 Å². The number of piperidine rings is 1. The van der Waals surface area contributed by atoms with Crippen LogP contribution in [0.1, 0.15) is 35.7 Å². The van der Waals surface area contributed by atoms with E-state index in [1.165, 1.54) is 0 Å². The molecule has 0 aromatic heterocycles. The molecule has 1 atom stereocenters. The zero-order chi connectivity index (χ0) is 13.8. The van der Waals surface area contributed by atoms with Crippen LogP contribution in [0.15, 0.2) is 18.2 Å². The van der Waals surface area contributed by atoms with Crippen molar-refractivity contribution >= 4 is 17.5 Å². The van der Waals surface area contributed by atoms with E-state index in [1.54, 1.807) is 6.07 Å². The minimum absolute atomic E-state index is 0.0850. The molecule has 1 heterocycles. The van der Waals surface area contributed by atoms with Gasteiger partial charge in [0.2, 0.25) is 0 Å². The molecule has 1 aromatic rings. The highest BCUT2D eigenvalue weighted by atomic mass is 35.5. The van der Waals surface area contributed by atoms with Gasteiger partial charge in [0.15, 0.2) is 0 Å². The number of amides is 1. The number of carbonyl (C=O) groups excluding carboxylic acids is 1. The molecule has 0 radical (unpaired) electrons. The third-order valence-electron chi connectivity index (χ3n) is 3.60. The lowest BCUT2D eigenvalue weighted by molar-refractivity contribution is 0.0662. The molecule has 19 heavy (non-hydrogen) atoms. The number of benzene rings is 1. The lowest BCUT2D eigenvalue weighted by Crippen LogP contribution is -2.48. The number of aryl methyl sites for hydroxylation is 1. The van der Waals surface area contributed by atoms with Gasteiger partial charge < -0.3 is 10.2 Å². The monoisotopic (exact) mass is 280 g/mol. The Kier molecular flexibility index (Phi) is 4.83. The molecule has 4 heteroatoms. The van der Waals surface area contributed by atoms with Crippen LogP contribution in [0.4, 0.5) is 0 Å². The summed E-state index contributed by atoms with van der Waals surface area (Å²) in [6.07, 6.45) is 2.20. The second kappa shape index (κ2) is 6.40. The molecule has 1 aromatic carbocycles. The second-order valence-corrected chi connectivity index (χ2v) is 5.55. The minimum atomic E-state index is 0.0850. The van der Waals surface area contributed by atoms with Gasteiger partial charge in [0.25, 0.3) is 5.91 Å². The normalized spacial score (nSPS) is 19.2. The van der Waals surface area contributed by atoms with Gasteiger partial charge in [0.1, 0.15) is 0 Å². The number of rotatable bonds is 3. The number of hydrogen-bond acceptors (Lipinski definition) is 2. The standard InChI is InChI=1S/C15H21ClN2O/c1-3-18(14-5-4-6-17-10-14)15(19)12-7-11(2)8-13(16)9-12/h7-9,14,17H,3-6,10H2,1-2H3. The van der Waals surface area contributed by atoms with E-state index in [-0.39, 0.29) is 5.91 Å². The maximum atomic E-state index is 12.6. The second-order valence-electron chi connectivity index (χ2n) is 5.11. The third-order valence-corrected chi connectivity index (χ3v) is 3.82. The molecule has 1 amide bonds. The Hall–Kier alpha value is -1.06. The third kappa shape index (κ3) is 3.48. The molecule has 1 unspecified atom stereocenters. The Balaban J connectivity index is 2.19. The molecule has 0 aliphatic carbocycles. The lowest BCUT2D eigenvalue weighted by Gasteiger charge is -2.34. The van der Waals surface area contributed by atoms with Gasteiger partial charge in [-0.05, 0) is 57.0 Å². The van der Waals surface area contributed by atoms with Crippen molar-refractivity contribution in [2.45, 2.75) is 32.7 Å². The predicted octanol–water partition coefficient (Wildman–Crippen LogP) is 2.86. The summed E-state index contributed by atoms with van der Waals surface area (Å²) in [6.45, 7) is 6.67. The average molecular weight is 281 g/mol. The highest BCUT2D eigenvalue weighted by Gasteiger charge is 2.25. The Morgan fingerprint density at radius 1 is 1.47 bits per heavy atom. The molecular weight excluding hydrogens is 260 g/mol. The fourth-order valence-corrected chi connectivity index (χ4v) is 2.98. The zero-order valence-electron chi connectivity index (χ0n) is 11.6. The topological polar surface area (TPSA) is 32.3 Å². The minimum Gasteiger partial charge on any atom is -0.335 e. The first-order valence-electron chi connectivity index (χ1n) is 6.90. The molecular formula is C15H21ClN2O. The van der Waals surface area contributed by atoms with Crippen LogP contribution in [0.5, 0.6) is 0 Å².